The number of carbonyl (C=O) groups is 1. The lowest BCUT2D eigenvalue weighted by atomic mass is 9.96. The smallest absolute Gasteiger partial charge is 0.306 e. The van der Waals surface area contributed by atoms with Crippen LogP contribution in [0.3, 0.4) is 0 Å². The summed E-state index contributed by atoms with van der Waals surface area (Å²) in [6.07, 6.45) is 0.198. The van der Waals surface area contributed by atoms with E-state index in [-0.39, 0.29) is 16.5 Å². The van der Waals surface area contributed by atoms with Gasteiger partial charge in [0.25, 0.3) is 0 Å². The second kappa shape index (κ2) is 5.39. The normalized spacial score (nSPS) is 12.5. The lowest BCUT2D eigenvalue weighted by Crippen LogP contribution is -2.17. The maximum atomic E-state index is 13.5. The van der Waals surface area contributed by atoms with Gasteiger partial charge in [-0.1, -0.05) is 6.92 Å². The maximum absolute atomic E-state index is 13.5. The lowest BCUT2D eigenvalue weighted by molar-refractivity contribution is -0.141. The number of hydrogen-bond acceptors (Lipinski definition) is 1. The standard InChI is InChI=1S/C11H11BrF2O2/c1-2-6(11(15)16)5-7-9(13)4-3-8(12)10(7)14/h3-4,6H,2,5H2,1H3,(H,15,16). The quantitative estimate of drug-likeness (QED) is 0.864. The van der Waals surface area contributed by atoms with Crippen molar-refractivity contribution in [2.75, 3.05) is 0 Å². The molecule has 1 rings (SSSR count). The molecule has 0 saturated carbocycles. The van der Waals surface area contributed by atoms with Gasteiger partial charge in [0.15, 0.2) is 0 Å². The van der Waals surface area contributed by atoms with Crippen molar-refractivity contribution < 1.29 is 18.7 Å². The van der Waals surface area contributed by atoms with Crippen LogP contribution in [0.1, 0.15) is 18.9 Å². The molecule has 0 aliphatic rings. The van der Waals surface area contributed by atoms with Crippen molar-refractivity contribution in [3.8, 4) is 0 Å². The van der Waals surface area contributed by atoms with Crippen LogP contribution in [0.15, 0.2) is 16.6 Å². The van der Waals surface area contributed by atoms with E-state index in [1.807, 2.05) is 0 Å². The highest BCUT2D eigenvalue weighted by atomic mass is 79.9. The molecule has 1 unspecified atom stereocenters. The van der Waals surface area contributed by atoms with Crippen molar-refractivity contribution in [3.05, 3.63) is 33.8 Å². The van der Waals surface area contributed by atoms with Crippen LogP contribution in [-0.4, -0.2) is 11.1 Å². The molecule has 2 nitrogen and oxygen atoms in total. The minimum absolute atomic E-state index is 0.136. The van der Waals surface area contributed by atoms with E-state index in [0.717, 1.165) is 6.07 Å². The first-order valence-electron chi connectivity index (χ1n) is 4.82. The number of halogens is 3. The summed E-state index contributed by atoms with van der Waals surface area (Å²) in [5, 5.41) is 8.83. The molecule has 0 heterocycles. The van der Waals surface area contributed by atoms with Gasteiger partial charge in [-0.2, -0.15) is 0 Å². The van der Waals surface area contributed by atoms with E-state index in [0.29, 0.717) is 6.42 Å². The Bertz CT molecular complexity index is 407. The van der Waals surface area contributed by atoms with Gasteiger partial charge in [-0.05, 0) is 40.9 Å². The average molecular weight is 293 g/mol. The zero-order valence-electron chi connectivity index (χ0n) is 8.64. The molecule has 0 radical (unpaired) electrons. The van der Waals surface area contributed by atoms with E-state index in [4.69, 9.17) is 5.11 Å². The van der Waals surface area contributed by atoms with Crippen molar-refractivity contribution in [2.45, 2.75) is 19.8 Å². The minimum atomic E-state index is -1.04. The Balaban J connectivity index is 3.04. The highest BCUT2D eigenvalue weighted by Crippen LogP contribution is 2.24. The highest BCUT2D eigenvalue weighted by molar-refractivity contribution is 9.10. The Morgan fingerprint density at radius 3 is 2.62 bits per heavy atom. The average Bonchev–Trinajstić information content (AvgIpc) is 2.23. The highest BCUT2D eigenvalue weighted by Gasteiger charge is 2.21. The van der Waals surface area contributed by atoms with E-state index in [2.05, 4.69) is 15.9 Å². The third-order valence-corrected chi connectivity index (χ3v) is 3.04. The Morgan fingerprint density at radius 2 is 2.12 bits per heavy atom. The molecule has 0 bridgehead atoms. The van der Waals surface area contributed by atoms with Gasteiger partial charge >= 0.3 is 5.97 Å². The summed E-state index contributed by atoms with van der Waals surface area (Å²) in [5.74, 6) is -3.24. The maximum Gasteiger partial charge on any atom is 0.306 e. The van der Waals surface area contributed by atoms with Gasteiger partial charge in [-0.3, -0.25) is 4.79 Å². The molecule has 0 aromatic heterocycles. The zero-order valence-corrected chi connectivity index (χ0v) is 10.2. The Kier molecular flexibility index (Phi) is 4.41. The van der Waals surface area contributed by atoms with E-state index in [9.17, 15) is 13.6 Å². The molecule has 0 saturated heterocycles. The van der Waals surface area contributed by atoms with Crippen molar-refractivity contribution in [3.63, 3.8) is 0 Å². The third-order valence-electron chi connectivity index (χ3n) is 2.43. The summed E-state index contributed by atoms with van der Waals surface area (Å²) in [6.45, 7) is 1.67. The minimum Gasteiger partial charge on any atom is -0.481 e. The molecular formula is C11H11BrF2O2. The molecule has 0 spiro atoms. The number of benzene rings is 1. The zero-order chi connectivity index (χ0) is 12.3. The summed E-state index contributed by atoms with van der Waals surface area (Å²) in [4.78, 5) is 10.8. The fourth-order valence-corrected chi connectivity index (χ4v) is 1.78. The van der Waals surface area contributed by atoms with Crippen LogP contribution in [0.25, 0.3) is 0 Å². The lowest BCUT2D eigenvalue weighted by Gasteiger charge is -2.11. The molecule has 0 aliphatic carbocycles. The van der Waals surface area contributed by atoms with Crippen LogP contribution >= 0.6 is 15.9 Å². The molecular weight excluding hydrogens is 282 g/mol. The second-order valence-corrected chi connectivity index (χ2v) is 4.32. The van der Waals surface area contributed by atoms with Crippen LogP contribution in [0.2, 0.25) is 0 Å². The number of carboxylic acids is 1. The van der Waals surface area contributed by atoms with Gasteiger partial charge < -0.3 is 5.11 Å². The van der Waals surface area contributed by atoms with E-state index in [1.54, 1.807) is 6.92 Å². The molecule has 1 N–H and O–H groups in total. The first-order chi connectivity index (χ1) is 7.47. The molecule has 5 heteroatoms. The molecule has 16 heavy (non-hydrogen) atoms. The van der Waals surface area contributed by atoms with Gasteiger partial charge in [-0.15, -0.1) is 0 Å². The summed E-state index contributed by atoms with van der Waals surface area (Å²) in [6, 6.07) is 2.38. The summed E-state index contributed by atoms with van der Waals surface area (Å²) < 4.78 is 27.0. The third kappa shape index (κ3) is 2.78. The number of rotatable bonds is 4. The topological polar surface area (TPSA) is 37.3 Å². The first kappa shape index (κ1) is 13.1. The van der Waals surface area contributed by atoms with Crippen LogP contribution < -0.4 is 0 Å². The van der Waals surface area contributed by atoms with Crippen molar-refractivity contribution in [2.24, 2.45) is 5.92 Å². The van der Waals surface area contributed by atoms with Crippen LogP contribution in [0, 0.1) is 17.6 Å². The number of carboxylic acid groups (broad SMARTS) is 1. The Morgan fingerprint density at radius 1 is 1.50 bits per heavy atom. The van der Waals surface area contributed by atoms with E-state index in [1.165, 1.54) is 6.07 Å². The predicted molar refractivity (Wildman–Crippen MR) is 59.2 cm³/mol. The van der Waals surface area contributed by atoms with Gasteiger partial charge in [0.05, 0.1) is 10.4 Å². The molecule has 1 atom stereocenters. The van der Waals surface area contributed by atoms with E-state index < -0.39 is 23.5 Å². The van der Waals surface area contributed by atoms with Crippen LogP contribution in [0.5, 0.6) is 0 Å². The summed E-state index contributed by atoms with van der Waals surface area (Å²) in [7, 11) is 0. The van der Waals surface area contributed by atoms with Gasteiger partial charge in [-0.25, -0.2) is 8.78 Å². The number of aliphatic carboxylic acids is 1. The summed E-state index contributed by atoms with van der Waals surface area (Å²) in [5.41, 5.74) is -0.177. The first-order valence-corrected chi connectivity index (χ1v) is 5.61. The number of hydrogen-bond donors (Lipinski definition) is 1. The molecule has 1 aromatic carbocycles. The van der Waals surface area contributed by atoms with Crippen molar-refractivity contribution in [1.82, 2.24) is 0 Å². The fourth-order valence-electron chi connectivity index (χ4n) is 1.41. The van der Waals surface area contributed by atoms with Crippen molar-refractivity contribution >= 4 is 21.9 Å². The predicted octanol–water partition coefficient (Wildman–Crippen LogP) is 3.38. The van der Waals surface area contributed by atoms with Crippen LogP contribution in [0.4, 0.5) is 8.78 Å². The summed E-state index contributed by atoms with van der Waals surface area (Å²) >= 11 is 2.94. The Labute approximate surface area is 100 Å². The second-order valence-electron chi connectivity index (χ2n) is 3.47. The molecule has 1 aromatic rings. The fraction of sp³-hybridized carbons (Fsp3) is 0.364. The van der Waals surface area contributed by atoms with Gasteiger partial charge in [0.2, 0.25) is 0 Å². The Hall–Kier alpha value is -0.970. The molecule has 0 fully saturated rings. The molecule has 88 valence electrons. The van der Waals surface area contributed by atoms with Crippen LogP contribution in [-0.2, 0) is 11.2 Å². The monoisotopic (exact) mass is 292 g/mol. The van der Waals surface area contributed by atoms with Crippen molar-refractivity contribution in [1.29, 1.82) is 0 Å². The van der Waals surface area contributed by atoms with E-state index >= 15 is 0 Å². The largest absolute Gasteiger partial charge is 0.481 e. The van der Waals surface area contributed by atoms with Gasteiger partial charge in [0, 0.05) is 5.56 Å². The SMILES string of the molecule is CCC(Cc1c(F)ccc(Br)c1F)C(=O)O. The van der Waals surface area contributed by atoms with Gasteiger partial charge in [0.1, 0.15) is 11.6 Å². The molecule has 0 aliphatic heterocycles. The molecule has 0 amide bonds.